The Kier molecular flexibility index (Phi) is 2.53. The van der Waals surface area contributed by atoms with Gasteiger partial charge in [0.25, 0.3) is 0 Å². The number of hydrogen-bond acceptors (Lipinski definition) is 3. The second-order valence-corrected chi connectivity index (χ2v) is 5.23. The zero-order valence-corrected chi connectivity index (χ0v) is 10.1. The average Bonchev–Trinajstić information content (AvgIpc) is 2.97. The second kappa shape index (κ2) is 4.03. The first-order chi connectivity index (χ1) is 7.84. The predicted octanol–water partition coefficient (Wildman–Crippen LogP) is 2.87. The molecule has 1 atom stereocenters. The molecule has 3 heterocycles. The Balaban J connectivity index is 1.95. The molecule has 1 unspecified atom stereocenters. The van der Waals surface area contributed by atoms with Gasteiger partial charge in [-0.25, -0.2) is 4.98 Å². The van der Waals surface area contributed by atoms with E-state index in [0.29, 0.717) is 6.04 Å². The summed E-state index contributed by atoms with van der Waals surface area (Å²) in [4.78, 5) is 9.26. The van der Waals surface area contributed by atoms with Crippen molar-refractivity contribution < 1.29 is 0 Å². The maximum absolute atomic E-state index is 4.64. The van der Waals surface area contributed by atoms with Gasteiger partial charge in [0, 0.05) is 17.1 Å². The average molecular weight is 233 g/mol. The van der Waals surface area contributed by atoms with Crippen LogP contribution in [0.1, 0.15) is 29.5 Å². The molecular weight excluding hydrogens is 218 g/mol. The second-order valence-electron chi connectivity index (χ2n) is 4.20. The first kappa shape index (κ1) is 10.1. The highest BCUT2D eigenvalue weighted by Crippen LogP contribution is 2.34. The van der Waals surface area contributed by atoms with Crippen molar-refractivity contribution in [3.8, 4) is 10.7 Å². The normalized spacial score (nSPS) is 20.4. The number of aromatic amines is 1. The number of rotatable bonds is 2. The zero-order chi connectivity index (χ0) is 11.0. The Morgan fingerprint density at radius 1 is 1.50 bits per heavy atom. The maximum atomic E-state index is 4.64. The summed E-state index contributed by atoms with van der Waals surface area (Å²) in [6, 6.07) is 4.62. The Bertz CT molecular complexity index is 466. The summed E-state index contributed by atoms with van der Waals surface area (Å²) in [5.74, 6) is 0. The van der Waals surface area contributed by atoms with Crippen LogP contribution in [0.5, 0.6) is 0 Å². The minimum absolute atomic E-state index is 0.529. The van der Waals surface area contributed by atoms with Crippen LogP contribution in [-0.2, 0) is 0 Å². The van der Waals surface area contributed by atoms with Gasteiger partial charge in [-0.3, -0.25) is 0 Å². The molecule has 0 spiro atoms. The van der Waals surface area contributed by atoms with E-state index in [1.165, 1.54) is 23.4 Å². The summed E-state index contributed by atoms with van der Waals surface area (Å²) >= 11 is 1.81. The zero-order valence-electron chi connectivity index (χ0n) is 9.29. The fourth-order valence-electron chi connectivity index (χ4n) is 2.22. The molecule has 2 aromatic heterocycles. The topological polar surface area (TPSA) is 40.7 Å². The van der Waals surface area contributed by atoms with Gasteiger partial charge >= 0.3 is 0 Å². The van der Waals surface area contributed by atoms with Crippen LogP contribution >= 0.6 is 11.3 Å². The van der Waals surface area contributed by atoms with Crippen LogP contribution in [0, 0.1) is 6.92 Å². The number of H-pyrrole nitrogens is 1. The highest BCUT2D eigenvalue weighted by atomic mass is 32.1. The van der Waals surface area contributed by atoms with Gasteiger partial charge in [0.15, 0.2) is 0 Å². The molecule has 3 rings (SSSR count). The minimum Gasteiger partial charge on any atom is -0.359 e. The summed E-state index contributed by atoms with van der Waals surface area (Å²) < 4.78 is 0. The first-order valence-corrected chi connectivity index (χ1v) is 6.51. The Morgan fingerprint density at radius 2 is 2.44 bits per heavy atom. The summed E-state index contributed by atoms with van der Waals surface area (Å²) in [5.41, 5.74) is 2.30. The van der Waals surface area contributed by atoms with Crippen molar-refractivity contribution >= 4 is 11.3 Å². The van der Waals surface area contributed by atoms with Gasteiger partial charge in [0.1, 0.15) is 5.01 Å². The van der Waals surface area contributed by atoms with Crippen molar-refractivity contribution in [3.05, 3.63) is 28.9 Å². The number of aromatic nitrogens is 2. The number of nitrogens with zero attached hydrogens (tertiary/aromatic N) is 1. The molecule has 0 aliphatic carbocycles. The van der Waals surface area contributed by atoms with Gasteiger partial charge in [0.2, 0.25) is 0 Å². The summed E-state index contributed by atoms with van der Waals surface area (Å²) in [7, 11) is 0. The van der Waals surface area contributed by atoms with Crippen LogP contribution in [0.3, 0.4) is 0 Å². The fraction of sp³-hybridized carbons (Fsp3) is 0.417. The third-order valence-electron chi connectivity index (χ3n) is 3.04. The lowest BCUT2D eigenvalue weighted by Crippen LogP contribution is -2.12. The molecule has 0 saturated carbocycles. The van der Waals surface area contributed by atoms with Gasteiger partial charge in [-0.2, -0.15) is 0 Å². The molecule has 4 heteroatoms. The van der Waals surface area contributed by atoms with Gasteiger partial charge < -0.3 is 10.3 Å². The minimum atomic E-state index is 0.529. The van der Waals surface area contributed by atoms with Gasteiger partial charge in [-0.1, -0.05) is 0 Å². The van der Waals surface area contributed by atoms with E-state index >= 15 is 0 Å². The molecule has 2 aromatic rings. The van der Waals surface area contributed by atoms with Gasteiger partial charge in [-0.15, -0.1) is 11.3 Å². The molecule has 16 heavy (non-hydrogen) atoms. The molecule has 0 radical (unpaired) electrons. The predicted molar refractivity (Wildman–Crippen MR) is 66.6 cm³/mol. The highest BCUT2D eigenvalue weighted by molar-refractivity contribution is 7.15. The molecular formula is C12H15N3S. The smallest absolute Gasteiger partial charge is 0.140 e. The van der Waals surface area contributed by atoms with Crippen LogP contribution in [0.25, 0.3) is 10.7 Å². The number of hydrogen-bond donors (Lipinski definition) is 2. The number of nitrogens with one attached hydrogen (secondary N) is 2. The molecule has 84 valence electrons. The van der Waals surface area contributed by atoms with Crippen LogP contribution in [0.4, 0.5) is 0 Å². The third-order valence-corrected chi connectivity index (χ3v) is 4.34. The van der Waals surface area contributed by atoms with E-state index in [-0.39, 0.29) is 0 Å². The lowest BCUT2D eigenvalue weighted by atomic mass is 10.2. The lowest BCUT2D eigenvalue weighted by molar-refractivity contribution is 0.654. The first-order valence-electron chi connectivity index (χ1n) is 5.69. The van der Waals surface area contributed by atoms with Gasteiger partial charge in [-0.05, 0) is 38.4 Å². The van der Waals surface area contributed by atoms with Crippen LogP contribution in [0.15, 0.2) is 18.3 Å². The van der Waals surface area contributed by atoms with Crippen molar-refractivity contribution in [3.63, 3.8) is 0 Å². The fourth-order valence-corrected chi connectivity index (χ4v) is 3.38. The van der Waals surface area contributed by atoms with Crippen molar-refractivity contribution in [2.24, 2.45) is 0 Å². The maximum Gasteiger partial charge on any atom is 0.140 e. The highest BCUT2D eigenvalue weighted by Gasteiger charge is 2.21. The monoisotopic (exact) mass is 233 g/mol. The summed E-state index contributed by atoms with van der Waals surface area (Å²) in [5, 5.41) is 4.64. The van der Waals surface area contributed by atoms with E-state index in [1.807, 2.05) is 23.6 Å². The van der Waals surface area contributed by atoms with Crippen LogP contribution < -0.4 is 5.32 Å². The van der Waals surface area contributed by atoms with Crippen molar-refractivity contribution in [2.45, 2.75) is 25.8 Å². The van der Waals surface area contributed by atoms with E-state index in [2.05, 4.69) is 28.3 Å². The van der Waals surface area contributed by atoms with Crippen molar-refractivity contribution in [1.82, 2.24) is 15.3 Å². The molecule has 1 fully saturated rings. The van der Waals surface area contributed by atoms with E-state index in [1.54, 1.807) is 0 Å². The molecule has 1 saturated heterocycles. The van der Waals surface area contributed by atoms with Crippen molar-refractivity contribution in [1.29, 1.82) is 0 Å². The van der Waals surface area contributed by atoms with Crippen LogP contribution in [-0.4, -0.2) is 16.5 Å². The molecule has 1 aliphatic heterocycles. The van der Waals surface area contributed by atoms with Crippen LogP contribution in [0.2, 0.25) is 0 Å². The molecule has 3 nitrogen and oxygen atoms in total. The molecule has 0 amide bonds. The standard InChI is InChI=1S/C12H15N3S/c1-8-11(9-4-2-6-13-9)16-12(15-8)10-5-3-7-14-10/h3,5,7,9,13-14H,2,4,6H2,1H3. The number of thiazole rings is 1. The van der Waals surface area contributed by atoms with E-state index in [4.69, 9.17) is 0 Å². The molecule has 1 aliphatic rings. The quantitative estimate of drug-likeness (QED) is 0.837. The Hall–Kier alpha value is -1.13. The summed E-state index contributed by atoms with van der Waals surface area (Å²) in [6.45, 7) is 3.25. The SMILES string of the molecule is Cc1nc(-c2ccc[nH]2)sc1C1CCCN1. The lowest BCUT2D eigenvalue weighted by Gasteiger charge is -2.06. The summed E-state index contributed by atoms with van der Waals surface area (Å²) in [6.07, 6.45) is 4.46. The molecule has 0 aromatic carbocycles. The molecule has 2 N–H and O–H groups in total. The Morgan fingerprint density at radius 3 is 3.12 bits per heavy atom. The van der Waals surface area contributed by atoms with E-state index in [0.717, 1.165) is 17.2 Å². The third kappa shape index (κ3) is 1.68. The Labute approximate surface area is 98.9 Å². The molecule has 0 bridgehead atoms. The number of aryl methyl sites for hydroxylation is 1. The van der Waals surface area contributed by atoms with E-state index in [9.17, 15) is 0 Å². The van der Waals surface area contributed by atoms with Gasteiger partial charge in [0.05, 0.1) is 11.4 Å². The van der Waals surface area contributed by atoms with Crippen molar-refractivity contribution in [2.75, 3.05) is 6.54 Å². The largest absolute Gasteiger partial charge is 0.359 e. The van der Waals surface area contributed by atoms with E-state index < -0.39 is 0 Å².